The number of Topliss-reactive ketones (excluding diaryl/α,β-unsaturated/α-hetero) is 1. The van der Waals surface area contributed by atoms with E-state index >= 15 is 0 Å². The molecule has 0 unspecified atom stereocenters. The molecule has 1 amide bonds. The second-order valence-electron chi connectivity index (χ2n) is 10.9. The van der Waals surface area contributed by atoms with E-state index in [1.165, 1.54) is 29.8 Å². The minimum absolute atomic E-state index is 0.0125. The largest absolute Gasteiger partial charge is 0.384 e. The second kappa shape index (κ2) is 11.4. The molecule has 4 aromatic rings. The third-order valence-corrected chi connectivity index (χ3v) is 10.0. The lowest BCUT2D eigenvalue weighted by Gasteiger charge is -2.15. The number of sulfone groups is 1. The summed E-state index contributed by atoms with van der Waals surface area (Å²) < 4.78 is 54.6. The molecule has 0 fully saturated rings. The van der Waals surface area contributed by atoms with Crippen LogP contribution >= 0.6 is 11.6 Å². The number of amides is 1. The van der Waals surface area contributed by atoms with E-state index in [1.807, 2.05) is 18.2 Å². The fraction of sp³-hybridized carbons (Fsp3) is 0.188. The molecule has 0 bridgehead atoms. The first-order chi connectivity index (χ1) is 20.9. The molecule has 0 saturated heterocycles. The van der Waals surface area contributed by atoms with Gasteiger partial charge in [-0.2, -0.15) is 0 Å². The van der Waals surface area contributed by atoms with Gasteiger partial charge in [-0.25, -0.2) is 21.6 Å². The Kier molecular flexibility index (Phi) is 7.73. The van der Waals surface area contributed by atoms with E-state index in [0.717, 1.165) is 30.5 Å². The van der Waals surface area contributed by atoms with Gasteiger partial charge in [-0.3, -0.25) is 9.59 Å². The van der Waals surface area contributed by atoms with Crippen molar-refractivity contribution in [2.45, 2.75) is 30.0 Å². The minimum atomic E-state index is -4.45. The zero-order valence-corrected chi connectivity index (χ0v) is 26.0. The smallest absolute Gasteiger partial charge is 0.282 e. The van der Waals surface area contributed by atoms with Crippen molar-refractivity contribution in [3.05, 3.63) is 112 Å². The van der Waals surface area contributed by atoms with Gasteiger partial charge in [-0.05, 0) is 59.5 Å². The predicted molar refractivity (Wildman–Crippen MR) is 171 cm³/mol. The third kappa shape index (κ3) is 5.95. The number of fused-ring (bicyclic) bond motifs is 2. The summed E-state index contributed by atoms with van der Waals surface area (Å²) in [5.41, 5.74) is 4.46. The number of carbonyl (C=O) groups is 2. The molecule has 1 aliphatic heterocycles. The number of halogens is 1. The number of sulfonamides is 1. The normalized spacial score (nSPS) is 14.8. The molecule has 2 N–H and O–H groups in total. The SMILES string of the molecule is CS(=O)(=O)Cc1cccc(S(=O)(=O)NC(=O)c2c(C3=CC=CCC3=O)c3cc(Cl)ccc3n2Cc2ccc3c(c2)NCC3)c1. The van der Waals surface area contributed by atoms with Crippen molar-refractivity contribution in [1.29, 1.82) is 0 Å². The highest BCUT2D eigenvalue weighted by Crippen LogP contribution is 2.37. The molecule has 0 spiro atoms. The van der Waals surface area contributed by atoms with Crippen LogP contribution in [0.25, 0.3) is 16.5 Å². The molecule has 9 nitrogen and oxygen atoms in total. The first-order valence-corrected chi connectivity index (χ1v) is 17.7. The highest BCUT2D eigenvalue weighted by Gasteiger charge is 2.31. The van der Waals surface area contributed by atoms with Crippen molar-refractivity contribution in [2.24, 2.45) is 0 Å². The highest BCUT2D eigenvalue weighted by molar-refractivity contribution is 7.90. The number of carbonyl (C=O) groups excluding carboxylic acids is 2. The van der Waals surface area contributed by atoms with Crippen molar-refractivity contribution in [3.63, 3.8) is 0 Å². The number of aromatic nitrogens is 1. The van der Waals surface area contributed by atoms with E-state index in [4.69, 9.17) is 11.6 Å². The van der Waals surface area contributed by atoms with E-state index in [9.17, 15) is 26.4 Å². The van der Waals surface area contributed by atoms with Gasteiger partial charge in [-0.1, -0.05) is 54.1 Å². The zero-order chi connectivity index (χ0) is 31.2. The summed E-state index contributed by atoms with van der Waals surface area (Å²) in [6.07, 6.45) is 7.14. The van der Waals surface area contributed by atoms with Crippen LogP contribution in [0.5, 0.6) is 0 Å². The van der Waals surface area contributed by atoms with Gasteiger partial charge in [0.2, 0.25) is 0 Å². The van der Waals surface area contributed by atoms with Gasteiger partial charge in [-0.15, -0.1) is 0 Å². The van der Waals surface area contributed by atoms with Crippen molar-refractivity contribution >= 4 is 65.3 Å². The fourth-order valence-corrected chi connectivity index (χ4v) is 7.70. The van der Waals surface area contributed by atoms with Crippen LogP contribution in [0.4, 0.5) is 5.69 Å². The lowest BCUT2D eigenvalue weighted by atomic mass is 9.93. The summed E-state index contributed by atoms with van der Waals surface area (Å²) in [4.78, 5) is 27.1. The van der Waals surface area contributed by atoms with Gasteiger partial charge in [0.05, 0.1) is 10.6 Å². The Morgan fingerprint density at radius 2 is 1.84 bits per heavy atom. The Hall–Kier alpha value is -4.19. The molecule has 1 aliphatic carbocycles. The van der Waals surface area contributed by atoms with Crippen LogP contribution in [-0.4, -0.2) is 45.9 Å². The van der Waals surface area contributed by atoms with Crippen molar-refractivity contribution in [2.75, 3.05) is 18.1 Å². The Balaban J connectivity index is 1.50. The van der Waals surface area contributed by atoms with Gasteiger partial charge < -0.3 is 9.88 Å². The van der Waals surface area contributed by atoms with Gasteiger partial charge in [0.1, 0.15) is 5.69 Å². The number of hydrogen-bond acceptors (Lipinski definition) is 7. The molecule has 3 aromatic carbocycles. The summed E-state index contributed by atoms with van der Waals surface area (Å²) >= 11 is 6.40. The average molecular weight is 650 g/mol. The number of nitrogens with zero attached hydrogens (tertiary/aromatic N) is 1. The molecule has 1 aromatic heterocycles. The first-order valence-electron chi connectivity index (χ1n) is 13.8. The van der Waals surface area contributed by atoms with Crippen LogP contribution in [0.1, 0.15) is 39.2 Å². The van der Waals surface area contributed by atoms with E-state index in [0.29, 0.717) is 15.9 Å². The maximum atomic E-state index is 14.2. The Bertz CT molecular complexity index is 2150. The van der Waals surface area contributed by atoms with Crippen LogP contribution < -0.4 is 10.0 Å². The molecular formula is C32H28ClN3O6S2. The fourth-order valence-electron chi connectivity index (χ4n) is 5.72. The average Bonchev–Trinajstić information content (AvgIpc) is 3.54. The predicted octanol–water partition coefficient (Wildman–Crippen LogP) is 4.89. The summed E-state index contributed by atoms with van der Waals surface area (Å²) in [6.45, 7) is 1.03. The van der Waals surface area contributed by atoms with Crippen molar-refractivity contribution in [1.82, 2.24) is 9.29 Å². The number of benzene rings is 3. The summed E-state index contributed by atoms with van der Waals surface area (Å²) in [6, 6.07) is 16.5. The minimum Gasteiger partial charge on any atom is -0.384 e. The molecule has 6 rings (SSSR count). The number of nitrogens with one attached hydrogen (secondary N) is 2. The van der Waals surface area contributed by atoms with E-state index in [-0.39, 0.29) is 51.8 Å². The molecule has 0 atom stereocenters. The number of rotatable bonds is 8. The first kappa shape index (κ1) is 29.9. The van der Waals surface area contributed by atoms with Gasteiger partial charge >= 0.3 is 0 Å². The van der Waals surface area contributed by atoms with Gasteiger partial charge in [0.15, 0.2) is 15.6 Å². The molecule has 0 radical (unpaired) electrons. The zero-order valence-electron chi connectivity index (χ0n) is 23.6. The van der Waals surface area contributed by atoms with E-state index in [1.54, 1.807) is 41.0 Å². The monoisotopic (exact) mass is 649 g/mol. The standard InChI is InChI=1S/C32H28ClN3O6S2/c1-43(39,40)19-21-5-4-6-24(15-21)44(41,42)35-32(38)31-30(25-7-2-3-8-29(25)37)26-17-23(33)11-12-28(26)36(31)18-20-9-10-22-13-14-34-27(22)16-20/h2-7,9-12,15-17,34H,8,13-14,18-19H2,1H3,(H,35,38). The second-order valence-corrected chi connectivity index (χ2v) is 15.2. The molecule has 12 heteroatoms. The third-order valence-electron chi connectivity index (χ3n) is 7.60. The number of hydrogen-bond donors (Lipinski definition) is 2. The lowest BCUT2D eigenvalue weighted by Crippen LogP contribution is -2.33. The van der Waals surface area contributed by atoms with Gasteiger partial charge in [0.25, 0.3) is 15.9 Å². The topological polar surface area (TPSA) is 131 Å². The Labute approximate surface area is 260 Å². The summed E-state index contributed by atoms with van der Waals surface area (Å²) in [5, 5.41) is 4.27. The number of anilines is 1. The van der Waals surface area contributed by atoms with Crippen molar-refractivity contribution < 1.29 is 26.4 Å². The van der Waals surface area contributed by atoms with Crippen LogP contribution in [0.2, 0.25) is 5.02 Å². The highest BCUT2D eigenvalue weighted by atomic mass is 35.5. The Morgan fingerprint density at radius 1 is 1.02 bits per heavy atom. The van der Waals surface area contributed by atoms with Crippen LogP contribution in [0.15, 0.2) is 83.8 Å². The molecule has 226 valence electrons. The van der Waals surface area contributed by atoms with Crippen LogP contribution in [-0.2, 0) is 43.4 Å². The molecule has 44 heavy (non-hydrogen) atoms. The lowest BCUT2D eigenvalue weighted by molar-refractivity contribution is -0.113. The maximum absolute atomic E-state index is 14.2. The van der Waals surface area contributed by atoms with Gasteiger partial charge in [0, 0.05) is 58.5 Å². The summed E-state index contributed by atoms with van der Waals surface area (Å²) in [7, 11) is -7.88. The van der Waals surface area contributed by atoms with Crippen molar-refractivity contribution in [3.8, 4) is 0 Å². The summed E-state index contributed by atoms with van der Waals surface area (Å²) in [5.74, 6) is -1.52. The molecular weight excluding hydrogens is 622 g/mol. The quantitative estimate of drug-likeness (QED) is 0.278. The Morgan fingerprint density at radius 3 is 2.61 bits per heavy atom. The number of ketones is 1. The number of allylic oxidation sites excluding steroid dienone is 4. The van der Waals surface area contributed by atoms with E-state index < -0.39 is 25.8 Å². The maximum Gasteiger partial charge on any atom is 0.282 e. The van der Waals surface area contributed by atoms with Crippen LogP contribution in [0.3, 0.4) is 0 Å². The molecule has 0 saturated carbocycles. The molecule has 2 aliphatic rings. The molecule has 2 heterocycles. The van der Waals surface area contributed by atoms with E-state index in [2.05, 4.69) is 10.0 Å². The van der Waals surface area contributed by atoms with Crippen LogP contribution in [0, 0.1) is 0 Å².